The summed E-state index contributed by atoms with van der Waals surface area (Å²) in [4.78, 5) is 5.57. The molecule has 0 amide bonds. The zero-order chi connectivity index (χ0) is 8.39. The van der Waals surface area contributed by atoms with Crippen LogP contribution in [0.2, 0.25) is 0 Å². The Balaban J connectivity index is 2.79. The van der Waals surface area contributed by atoms with Crippen LogP contribution >= 0.6 is 11.8 Å². The van der Waals surface area contributed by atoms with E-state index in [9.17, 15) is 0 Å². The topological polar surface area (TPSA) is 12.9 Å². The van der Waals surface area contributed by atoms with Gasteiger partial charge in [-0.25, -0.2) is 0 Å². The van der Waals surface area contributed by atoms with E-state index >= 15 is 0 Å². The third-order valence-electron chi connectivity index (χ3n) is 1.83. The summed E-state index contributed by atoms with van der Waals surface area (Å²) in [6, 6.07) is 10.3. The maximum absolute atomic E-state index is 4.28. The molecule has 2 rings (SSSR count). The van der Waals surface area contributed by atoms with Crippen molar-refractivity contribution in [3.05, 3.63) is 36.5 Å². The Morgan fingerprint density at radius 3 is 2.92 bits per heavy atom. The lowest BCUT2D eigenvalue weighted by atomic mass is 10.2. The van der Waals surface area contributed by atoms with Crippen LogP contribution in [0.1, 0.15) is 0 Å². The third-order valence-corrected chi connectivity index (χ3v) is 2.62. The van der Waals surface area contributed by atoms with Gasteiger partial charge in [-0.2, -0.15) is 0 Å². The zero-order valence-corrected chi connectivity index (χ0v) is 7.64. The van der Waals surface area contributed by atoms with Crippen LogP contribution < -0.4 is 0 Å². The largest absolute Gasteiger partial charge is 0.256 e. The molecule has 0 atom stereocenters. The van der Waals surface area contributed by atoms with E-state index in [0.717, 1.165) is 5.52 Å². The summed E-state index contributed by atoms with van der Waals surface area (Å²) in [7, 11) is 0. The van der Waals surface area contributed by atoms with Crippen LogP contribution in [0.3, 0.4) is 0 Å². The van der Waals surface area contributed by atoms with E-state index in [1.165, 1.54) is 10.3 Å². The lowest BCUT2D eigenvalue weighted by Gasteiger charge is -2.00. The van der Waals surface area contributed by atoms with Crippen molar-refractivity contribution in [2.24, 2.45) is 0 Å². The molecule has 0 fully saturated rings. The summed E-state index contributed by atoms with van der Waals surface area (Å²) in [6.45, 7) is 0. The smallest absolute Gasteiger partial charge is 0.0713 e. The van der Waals surface area contributed by atoms with Gasteiger partial charge in [0.1, 0.15) is 0 Å². The number of fused-ring (bicyclic) bond motifs is 1. The van der Waals surface area contributed by atoms with Gasteiger partial charge < -0.3 is 0 Å². The predicted octanol–water partition coefficient (Wildman–Crippen LogP) is 2.96. The molecule has 0 bridgehead atoms. The van der Waals surface area contributed by atoms with Gasteiger partial charge in [-0.15, -0.1) is 11.8 Å². The maximum Gasteiger partial charge on any atom is 0.0713 e. The molecule has 2 aromatic rings. The Hall–Kier alpha value is -1.02. The zero-order valence-electron chi connectivity index (χ0n) is 6.82. The van der Waals surface area contributed by atoms with Gasteiger partial charge in [0.05, 0.1) is 5.52 Å². The number of nitrogens with zero attached hydrogens (tertiary/aromatic N) is 1. The van der Waals surface area contributed by atoms with Crippen molar-refractivity contribution in [3.8, 4) is 0 Å². The Morgan fingerprint density at radius 2 is 2.08 bits per heavy atom. The van der Waals surface area contributed by atoms with Crippen LogP contribution in [-0.4, -0.2) is 11.2 Å². The average Bonchev–Trinajstić information content (AvgIpc) is 2.17. The molecule has 1 aromatic heterocycles. The summed E-state index contributed by atoms with van der Waals surface area (Å²) in [5.74, 6) is 0. The van der Waals surface area contributed by atoms with Gasteiger partial charge in [0.2, 0.25) is 0 Å². The molecular weight excluding hydrogens is 166 g/mol. The number of rotatable bonds is 1. The highest BCUT2D eigenvalue weighted by Gasteiger charge is 1.97. The minimum absolute atomic E-state index is 1.07. The van der Waals surface area contributed by atoms with Crippen LogP contribution in [0.5, 0.6) is 0 Å². The molecule has 12 heavy (non-hydrogen) atoms. The van der Waals surface area contributed by atoms with Crippen molar-refractivity contribution in [1.82, 2.24) is 4.98 Å². The van der Waals surface area contributed by atoms with E-state index in [0.29, 0.717) is 0 Å². The fourth-order valence-electron chi connectivity index (χ4n) is 1.25. The van der Waals surface area contributed by atoms with E-state index in [1.807, 2.05) is 24.4 Å². The fraction of sp³-hybridized carbons (Fsp3) is 0.100. The number of aromatic nitrogens is 1. The summed E-state index contributed by atoms with van der Waals surface area (Å²) < 4.78 is 0. The molecule has 60 valence electrons. The standard InChI is InChI=1S/C10H9NS/c1-12-10-6-2-5-9-8(10)4-3-7-11-9/h2-7H,1H3. The fourth-order valence-corrected chi connectivity index (χ4v) is 1.86. The predicted molar refractivity (Wildman–Crippen MR) is 53.5 cm³/mol. The number of thioether (sulfide) groups is 1. The molecule has 0 radical (unpaired) electrons. The highest BCUT2D eigenvalue weighted by atomic mass is 32.2. The lowest BCUT2D eigenvalue weighted by Crippen LogP contribution is -1.78. The van der Waals surface area contributed by atoms with E-state index in [1.54, 1.807) is 11.8 Å². The van der Waals surface area contributed by atoms with Gasteiger partial charge in [-0.05, 0) is 24.5 Å². The Bertz CT molecular complexity index is 392. The van der Waals surface area contributed by atoms with E-state index in [-0.39, 0.29) is 0 Å². The first-order chi connectivity index (χ1) is 5.92. The second-order valence-corrected chi connectivity index (χ2v) is 3.38. The number of benzene rings is 1. The monoisotopic (exact) mass is 175 g/mol. The van der Waals surface area contributed by atoms with Crippen LogP contribution in [0.15, 0.2) is 41.4 Å². The number of hydrogen-bond acceptors (Lipinski definition) is 2. The molecule has 2 heteroatoms. The first-order valence-corrected chi connectivity index (χ1v) is 5.02. The van der Waals surface area contributed by atoms with Crippen molar-refractivity contribution in [2.75, 3.05) is 6.26 Å². The molecule has 1 heterocycles. The van der Waals surface area contributed by atoms with Crippen LogP contribution in [-0.2, 0) is 0 Å². The lowest BCUT2D eigenvalue weighted by molar-refractivity contribution is 1.39. The molecule has 0 aliphatic carbocycles. The van der Waals surface area contributed by atoms with Crippen molar-refractivity contribution >= 4 is 22.7 Å². The summed E-state index contributed by atoms with van der Waals surface area (Å²) >= 11 is 1.76. The molecule has 0 spiro atoms. The first kappa shape index (κ1) is 7.62. The van der Waals surface area contributed by atoms with E-state index in [4.69, 9.17) is 0 Å². The molecule has 0 N–H and O–H groups in total. The van der Waals surface area contributed by atoms with Gasteiger partial charge in [0, 0.05) is 16.5 Å². The molecule has 1 nitrogen and oxygen atoms in total. The molecule has 0 aliphatic rings. The number of pyridine rings is 1. The quantitative estimate of drug-likeness (QED) is 0.618. The summed E-state index contributed by atoms with van der Waals surface area (Å²) in [5.41, 5.74) is 1.07. The Kier molecular flexibility index (Phi) is 2.00. The van der Waals surface area contributed by atoms with Gasteiger partial charge in [-0.3, -0.25) is 4.98 Å². The van der Waals surface area contributed by atoms with Crippen molar-refractivity contribution < 1.29 is 0 Å². The van der Waals surface area contributed by atoms with Crippen molar-refractivity contribution in [1.29, 1.82) is 0 Å². The van der Waals surface area contributed by atoms with Gasteiger partial charge in [0.15, 0.2) is 0 Å². The van der Waals surface area contributed by atoms with Gasteiger partial charge >= 0.3 is 0 Å². The van der Waals surface area contributed by atoms with Crippen LogP contribution in [0.25, 0.3) is 10.9 Å². The molecular formula is C10H9NS. The van der Waals surface area contributed by atoms with Gasteiger partial charge in [0.25, 0.3) is 0 Å². The molecule has 0 saturated heterocycles. The summed E-state index contributed by atoms with van der Waals surface area (Å²) in [6.07, 6.45) is 3.91. The third kappa shape index (κ3) is 1.18. The number of hydrogen-bond donors (Lipinski definition) is 0. The Labute approximate surface area is 75.8 Å². The normalized spacial score (nSPS) is 10.4. The van der Waals surface area contributed by atoms with E-state index < -0.39 is 0 Å². The maximum atomic E-state index is 4.28. The van der Waals surface area contributed by atoms with Gasteiger partial charge in [-0.1, -0.05) is 12.1 Å². The average molecular weight is 175 g/mol. The SMILES string of the molecule is CSc1cccc2ncccc12. The second-order valence-electron chi connectivity index (χ2n) is 2.53. The Morgan fingerprint density at radius 1 is 1.17 bits per heavy atom. The minimum Gasteiger partial charge on any atom is -0.256 e. The van der Waals surface area contributed by atoms with Crippen LogP contribution in [0, 0.1) is 0 Å². The minimum atomic E-state index is 1.07. The van der Waals surface area contributed by atoms with E-state index in [2.05, 4.69) is 23.4 Å². The first-order valence-electron chi connectivity index (χ1n) is 3.79. The van der Waals surface area contributed by atoms with Crippen molar-refractivity contribution in [3.63, 3.8) is 0 Å². The molecule has 0 unspecified atom stereocenters. The molecule has 1 aromatic carbocycles. The van der Waals surface area contributed by atoms with Crippen molar-refractivity contribution in [2.45, 2.75) is 4.90 Å². The van der Waals surface area contributed by atoms with Crippen LogP contribution in [0.4, 0.5) is 0 Å². The highest BCUT2D eigenvalue weighted by Crippen LogP contribution is 2.23. The summed E-state index contributed by atoms with van der Waals surface area (Å²) in [5, 5.41) is 1.24. The second kappa shape index (κ2) is 3.15. The molecule has 0 aliphatic heterocycles. The highest BCUT2D eigenvalue weighted by molar-refractivity contribution is 7.98. The molecule has 0 saturated carbocycles.